The molecule has 0 saturated carbocycles. The Bertz CT molecular complexity index is 430. The van der Waals surface area contributed by atoms with Crippen LogP contribution >= 0.6 is 44.3 Å². The second-order valence-electron chi connectivity index (χ2n) is 4.28. The van der Waals surface area contributed by atoms with Crippen molar-refractivity contribution in [2.75, 3.05) is 32.9 Å². The van der Waals surface area contributed by atoms with Crippen molar-refractivity contribution in [1.29, 1.82) is 0 Å². The number of alkyl halides is 1. The fraction of sp³-hybridized carbons (Fsp3) is 0.500. The van der Waals surface area contributed by atoms with E-state index in [4.69, 9.17) is 0 Å². The summed E-state index contributed by atoms with van der Waals surface area (Å²) in [5.74, 6) is 0.124. The SMILES string of the molecule is Cl.Oc1c(Br)cc(Br)cc1[C@H](CF)N1CCNCC1. The standard InChI is InChI=1S/C12H15Br2FN2O.ClH/c13-8-5-9(12(18)10(14)6-8)11(7-15)17-3-1-16-2-4-17;/h5-6,11,16,18H,1-4,7H2;1H/t11-;/m0./s1. The van der Waals surface area contributed by atoms with E-state index in [2.05, 4.69) is 42.1 Å². The number of aromatic hydroxyl groups is 1. The molecule has 1 aromatic rings. The van der Waals surface area contributed by atoms with Crippen molar-refractivity contribution < 1.29 is 9.50 Å². The van der Waals surface area contributed by atoms with E-state index in [0.29, 0.717) is 10.0 Å². The van der Waals surface area contributed by atoms with Crippen molar-refractivity contribution in [3.63, 3.8) is 0 Å². The normalized spacial score (nSPS) is 17.8. The summed E-state index contributed by atoms with van der Waals surface area (Å²) in [5, 5.41) is 13.3. The topological polar surface area (TPSA) is 35.5 Å². The van der Waals surface area contributed by atoms with Gasteiger partial charge in [-0.25, -0.2) is 4.39 Å². The van der Waals surface area contributed by atoms with Gasteiger partial charge in [0.2, 0.25) is 0 Å². The van der Waals surface area contributed by atoms with Crippen LogP contribution in [0.25, 0.3) is 0 Å². The van der Waals surface area contributed by atoms with Gasteiger partial charge in [0.1, 0.15) is 12.4 Å². The lowest BCUT2D eigenvalue weighted by atomic mass is 10.0. The third kappa shape index (κ3) is 4.04. The van der Waals surface area contributed by atoms with Crippen LogP contribution in [-0.4, -0.2) is 42.9 Å². The highest BCUT2D eigenvalue weighted by Crippen LogP contribution is 2.37. The first kappa shape index (κ1) is 17.2. The van der Waals surface area contributed by atoms with Crippen LogP contribution in [0.15, 0.2) is 21.1 Å². The number of hydrogen-bond acceptors (Lipinski definition) is 3. The van der Waals surface area contributed by atoms with Crippen LogP contribution in [0.1, 0.15) is 11.6 Å². The molecule has 0 aromatic heterocycles. The van der Waals surface area contributed by atoms with Gasteiger partial charge in [0.15, 0.2) is 0 Å². The fourth-order valence-corrected chi connectivity index (χ4v) is 3.47. The molecule has 1 aliphatic heterocycles. The number of benzene rings is 1. The molecule has 0 radical (unpaired) electrons. The first-order chi connectivity index (χ1) is 8.63. The zero-order valence-electron chi connectivity index (χ0n) is 10.2. The number of phenolic OH excluding ortho intramolecular Hbond substituents is 1. The maximum atomic E-state index is 13.4. The van der Waals surface area contributed by atoms with E-state index in [1.807, 2.05) is 0 Å². The number of nitrogens with one attached hydrogen (secondary N) is 1. The summed E-state index contributed by atoms with van der Waals surface area (Å²) in [7, 11) is 0. The molecular weight excluding hydrogens is 402 g/mol. The van der Waals surface area contributed by atoms with Gasteiger partial charge in [0.05, 0.1) is 10.5 Å². The molecule has 1 atom stereocenters. The molecule has 0 spiro atoms. The summed E-state index contributed by atoms with van der Waals surface area (Å²) in [6.07, 6.45) is 0. The van der Waals surface area contributed by atoms with E-state index in [1.54, 1.807) is 12.1 Å². The Hall–Kier alpha value is 0.120. The van der Waals surface area contributed by atoms with E-state index in [-0.39, 0.29) is 24.2 Å². The van der Waals surface area contributed by atoms with Gasteiger partial charge in [-0.05, 0) is 28.1 Å². The predicted octanol–water partition coefficient (Wildman–Crippen LogP) is 3.25. The maximum absolute atomic E-state index is 13.4. The monoisotopic (exact) mass is 416 g/mol. The molecule has 2 rings (SSSR count). The molecule has 1 saturated heterocycles. The number of nitrogens with zero attached hydrogens (tertiary/aromatic N) is 1. The molecule has 0 aliphatic carbocycles. The summed E-state index contributed by atoms with van der Waals surface area (Å²) in [5.41, 5.74) is 0.626. The highest BCUT2D eigenvalue weighted by molar-refractivity contribution is 9.11. The molecule has 7 heteroatoms. The van der Waals surface area contributed by atoms with Crippen molar-refractivity contribution in [2.24, 2.45) is 0 Å². The molecule has 1 fully saturated rings. The average Bonchev–Trinajstić information content (AvgIpc) is 2.37. The largest absolute Gasteiger partial charge is 0.506 e. The molecular formula is C12H16Br2ClFN2O. The Balaban J connectivity index is 0.00000180. The van der Waals surface area contributed by atoms with Gasteiger partial charge in [-0.1, -0.05) is 15.9 Å². The molecule has 0 bridgehead atoms. The summed E-state index contributed by atoms with van der Waals surface area (Å²) in [6.45, 7) is 2.78. The lowest BCUT2D eigenvalue weighted by Crippen LogP contribution is -2.45. The van der Waals surface area contributed by atoms with Crippen molar-refractivity contribution >= 4 is 44.3 Å². The highest BCUT2D eigenvalue weighted by atomic mass is 79.9. The van der Waals surface area contributed by atoms with Gasteiger partial charge in [-0.3, -0.25) is 4.90 Å². The minimum atomic E-state index is -0.504. The number of halogens is 4. The minimum Gasteiger partial charge on any atom is -0.506 e. The zero-order chi connectivity index (χ0) is 13.1. The highest BCUT2D eigenvalue weighted by Gasteiger charge is 2.25. The van der Waals surface area contributed by atoms with Crippen LogP contribution < -0.4 is 5.32 Å². The van der Waals surface area contributed by atoms with Gasteiger partial charge >= 0.3 is 0 Å². The van der Waals surface area contributed by atoms with Gasteiger partial charge in [-0.2, -0.15) is 0 Å². The number of phenols is 1. The third-order valence-electron chi connectivity index (χ3n) is 3.16. The Morgan fingerprint density at radius 3 is 2.53 bits per heavy atom. The van der Waals surface area contributed by atoms with Gasteiger partial charge in [0, 0.05) is 36.2 Å². The molecule has 3 nitrogen and oxygen atoms in total. The Labute approximate surface area is 135 Å². The van der Waals surface area contributed by atoms with Gasteiger partial charge in [0.25, 0.3) is 0 Å². The summed E-state index contributed by atoms with van der Waals surface area (Å²) < 4.78 is 14.8. The maximum Gasteiger partial charge on any atom is 0.134 e. The van der Waals surface area contributed by atoms with Crippen molar-refractivity contribution in [1.82, 2.24) is 10.2 Å². The molecule has 0 amide bonds. The molecule has 1 aliphatic rings. The second-order valence-corrected chi connectivity index (χ2v) is 6.05. The quantitative estimate of drug-likeness (QED) is 0.791. The Kier molecular flexibility index (Phi) is 7.04. The molecule has 1 heterocycles. The summed E-state index contributed by atoms with van der Waals surface area (Å²) >= 11 is 6.66. The lowest BCUT2D eigenvalue weighted by Gasteiger charge is -2.34. The van der Waals surface area contributed by atoms with E-state index in [9.17, 15) is 9.50 Å². The fourth-order valence-electron chi connectivity index (χ4n) is 2.21. The van der Waals surface area contributed by atoms with Crippen LogP contribution in [0.5, 0.6) is 5.75 Å². The Morgan fingerprint density at radius 1 is 1.32 bits per heavy atom. The number of piperazine rings is 1. The number of rotatable bonds is 3. The smallest absolute Gasteiger partial charge is 0.134 e. The second kappa shape index (κ2) is 7.78. The number of hydrogen-bond donors (Lipinski definition) is 2. The molecule has 0 unspecified atom stereocenters. The molecule has 108 valence electrons. The van der Waals surface area contributed by atoms with Crippen LogP contribution in [0.3, 0.4) is 0 Å². The summed E-state index contributed by atoms with van der Waals surface area (Å²) in [4.78, 5) is 2.06. The average molecular weight is 419 g/mol. The van der Waals surface area contributed by atoms with Crippen LogP contribution in [0, 0.1) is 0 Å². The Morgan fingerprint density at radius 2 is 1.95 bits per heavy atom. The minimum absolute atomic E-state index is 0. The molecule has 1 aromatic carbocycles. The third-order valence-corrected chi connectivity index (χ3v) is 4.22. The van der Waals surface area contributed by atoms with Crippen molar-refractivity contribution in [3.8, 4) is 5.75 Å². The molecule has 2 N–H and O–H groups in total. The van der Waals surface area contributed by atoms with E-state index in [0.717, 1.165) is 30.7 Å². The van der Waals surface area contributed by atoms with Crippen molar-refractivity contribution in [3.05, 3.63) is 26.6 Å². The van der Waals surface area contributed by atoms with Crippen LogP contribution in [0.2, 0.25) is 0 Å². The zero-order valence-corrected chi connectivity index (χ0v) is 14.2. The molecule has 19 heavy (non-hydrogen) atoms. The van der Waals surface area contributed by atoms with Gasteiger partial charge < -0.3 is 10.4 Å². The van der Waals surface area contributed by atoms with Crippen LogP contribution in [0.4, 0.5) is 4.39 Å². The first-order valence-corrected chi connectivity index (χ1v) is 7.40. The lowest BCUT2D eigenvalue weighted by molar-refractivity contribution is 0.145. The van der Waals surface area contributed by atoms with Crippen LogP contribution in [-0.2, 0) is 0 Å². The summed E-state index contributed by atoms with van der Waals surface area (Å²) in [6, 6.07) is 3.15. The first-order valence-electron chi connectivity index (χ1n) is 5.82. The van der Waals surface area contributed by atoms with E-state index >= 15 is 0 Å². The predicted molar refractivity (Wildman–Crippen MR) is 83.9 cm³/mol. The van der Waals surface area contributed by atoms with Crippen molar-refractivity contribution in [2.45, 2.75) is 6.04 Å². The van der Waals surface area contributed by atoms with E-state index in [1.165, 1.54) is 0 Å². The van der Waals surface area contributed by atoms with E-state index < -0.39 is 6.67 Å². The van der Waals surface area contributed by atoms with Gasteiger partial charge in [-0.15, -0.1) is 12.4 Å².